The van der Waals surface area contributed by atoms with Crippen LogP contribution < -0.4 is 0 Å². The van der Waals surface area contributed by atoms with Gasteiger partial charge in [0.25, 0.3) is 0 Å². The number of hydrogen-bond acceptors (Lipinski definition) is 5. The molecule has 3 rings (SSSR count). The normalized spacial score (nSPS) is 30.3. The standard InChI is InChI=1S/C16H18O5/c17-13-11-3-1-2-4-12(11)14(18)16(20,15(13)19)9-10-5-7-21-8-6-10/h1-4,10,15,19-20H,5-9H2/t15-,16+/m1/s1. The second-order valence-electron chi connectivity index (χ2n) is 5.83. The first-order valence-electron chi connectivity index (χ1n) is 7.20. The Morgan fingerprint density at radius 3 is 2.43 bits per heavy atom. The summed E-state index contributed by atoms with van der Waals surface area (Å²) in [5, 5.41) is 20.9. The second kappa shape index (κ2) is 5.33. The molecule has 0 radical (unpaired) electrons. The molecule has 0 saturated carbocycles. The van der Waals surface area contributed by atoms with Crippen LogP contribution >= 0.6 is 0 Å². The highest BCUT2D eigenvalue weighted by molar-refractivity contribution is 6.19. The van der Waals surface area contributed by atoms with Gasteiger partial charge in [-0.05, 0) is 25.2 Å². The molecule has 0 spiro atoms. The number of aliphatic hydroxyl groups is 2. The molecule has 1 heterocycles. The summed E-state index contributed by atoms with van der Waals surface area (Å²) < 4.78 is 5.26. The molecule has 21 heavy (non-hydrogen) atoms. The lowest BCUT2D eigenvalue weighted by Crippen LogP contribution is -2.57. The summed E-state index contributed by atoms with van der Waals surface area (Å²) in [5.74, 6) is -1.07. The lowest BCUT2D eigenvalue weighted by Gasteiger charge is -2.38. The average Bonchev–Trinajstić information content (AvgIpc) is 2.52. The van der Waals surface area contributed by atoms with Crippen LogP contribution in [-0.2, 0) is 4.74 Å². The molecule has 1 aliphatic heterocycles. The summed E-state index contributed by atoms with van der Waals surface area (Å²) in [4.78, 5) is 24.8. The minimum Gasteiger partial charge on any atom is -0.381 e. The third-order valence-electron chi connectivity index (χ3n) is 4.47. The van der Waals surface area contributed by atoms with Gasteiger partial charge in [0, 0.05) is 24.3 Å². The maximum atomic E-state index is 12.6. The molecule has 1 saturated heterocycles. The highest BCUT2D eigenvalue weighted by Gasteiger charge is 2.52. The Kier molecular flexibility index (Phi) is 3.65. The fraction of sp³-hybridized carbons (Fsp3) is 0.500. The van der Waals surface area contributed by atoms with Crippen LogP contribution in [0.1, 0.15) is 40.0 Å². The topological polar surface area (TPSA) is 83.8 Å². The van der Waals surface area contributed by atoms with Crippen LogP contribution in [0.3, 0.4) is 0 Å². The maximum absolute atomic E-state index is 12.6. The van der Waals surface area contributed by atoms with Crippen LogP contribution in [0, 0.1) is 5.92 Å². The Balaban J connectivity index is 1.94. The molecular formula is C16H18O5. The fourth-order valence-electron chi connectivity index (χ4n) is 3.21. The number of rotatable bonds is 2. The number of hydrogen-bond donors (Lipinski definition) is 2. The van der Waals surface area contributed by atoms with E-state index in [1.807, 2.05) is 0 Å². The van der Waals surface area contributed by atoms with E-state index in [2.05, 4.69) is 0 Å². The number of Topliss-reactive ketones (excluding diaryl/α,β-unsaturated/α-hetero) is 2. The van der Waals surface area contributed by atoms with Gasteiger partial charge in [-0.15, -0.1) is 0 Å². The third kappa shape index (κ3) is 2.31. The Morgan fingerprint density at radius 1 is 1.14 bits per heavy atom. The predicted molar refractivity (Wildman–Crippen MR) is 74.2 cm³/mol. The van der Waals surface area contributed by atoms with Gasteiger partial charge < -0.3 is 14.9 Å². The zero-order valence-corrected chi connectivity index (χ0v) is 11.6. The first-order chi connectivity index (χ1) is 10.0. The van der Waals surface area contributed by atoms with E-state index < -0.39 is 23.3 Å². The minimum absolute atomic E-state index is 0.0698. The molecule has 0 bridgehead atoms. The molecule has 2 N–H and O–H groups in total. The van der Waals surface area contributed by atoms with Crippen LogP contribution in [0.2, 0.25) is 0 Å². The van der Waals surface area contributed by atoms with Crippen molar-refractivity contribution in [2.75, 3.05) is 13.2 Å². The van der Waals surface area contributed by atoms with E-state index in [9.17, 15) is 19.8 Å². The van der Waals surface area contributed by atoms with Gasteiger partial charge in [0.05, 0.1) is 0 Å². The fourth-order valence-corrected chi connectivity index (χ4v) is 3.21. The Bertz CT molecular complexity index is 576. The monoisotopic (exact) mass is 290 g/mol. The zero-order valence-electron chi connectivity index (χ0n) is 11.6. The number of carbonyl (C=O) groups excluding carboxylic acids is 2. The molecule has 1 aromatic carbocycles. The summed E-state index contributed by atoms with van der Waals surface area (Å²) in [6.45, 7) is 1.16. The predicted octanol–water partition coefficient (Wildman–Crippen LogP) is 0.974. The van der Waals surface area contributed by atoms with E-state index in [0.29, 0.717) is 13.2 Å². The minimum atomic E-state index is -2.02. The number of aliphatic hydroxyl groups excluding tert-OH is 1. The summed E-state index contributed by atoms with van der Waals surface area (Å²) in [7, 11) is 0. The number of carbonyl (C=O) groups is 2. The molecule has 2 atom stereocenters. The van der Waals surface area contributed by atoms with Gasteiger partial charge in [-0.1, -0.05) is 24.3 Å². The lowest BCUT2D eigenvalue weighted by molar-refractivity contribution is -0.0610. The van der Waals surface area contributed by atoms with Gasteiger partial charge in [0.2, 0.25) is 0 Å². The molecule has 1 fully saturated rings. The Morgan fingerprint density at radius 2 is 1.76 bits per heavy atom. The van der Waals surface area contributed by atoms with Gasteiger partial charge in [0.15, 0.2) is 23.3 Å². The first-order valence-corrected chi connectivity index (χ1v) is 7.20. The van der Waals surface area contributed by atoms with E-state index in [1.165, 1.54) is 12.1 Å². The third-order valence-corrected chi connectivity index (χ3v) is 4.47. The number of ketones is 2. The molecule has 0 aromatic heterocycles. The van der Waals surface area contributed by atoms with Crippen molar-refractivity contribution in [1.82, 2.24) is 0 Å². The molecule has 2 aliphatic rings. The lowest BCUT2D eigenvalue weighted by atomic mass is 9.71. The van der Waals surface area contributed by atoms with Crippen LogP contribution in [0.15, 0.2) is 24.3 Å². The van der Waals surface area contributed by atoms with Crippen molar-refractivity contribution in [3.8, 4) is 0 Å². The molecule has 1 aliphatic carbocycles. The smallest absolute Gasteiger partial charge is 0.198 e. The summed E-state index contributed by atoms with van der Waals surface area (Å²) in [5.41, 5.74) is -1.64. The molecule has 5 nitrogen and oxygen atoms in total. The highest BCUT2D eigenvalue weighted by Crippen LogP contribution is 2.36. The van der Waals surface area contributed by atoms with Crippen LogP contribution in [0.25, 0.3) is 0 Å². The van der Waals surface area contributed by atoms with E-state index in [-0.39, 0.29) is 23.5 Å². The van der Waals surface area contributed by atoms with Crippen molar-refractivity contribution in [2.45, 2.75) is 31.0 Å². The van der Waals surface area contributed by atoms with Crippen molar-refractivity contribution in [3.05, 3.63) is 35.4 Å². The van der Waals surface area contributed by atoms with E-state index in [1.54, 1.807) is 12.1 Å². The van der Waals surface area contributed by atoms with E-state index >= 15 is 0 Å². The molecule has 112 valence electrons. The second-order valence-corrected chi connectivity index (χ2v) is 5.83. The first kappa shape index (κ1) is 14.4. The van der Waals surface area contributed by atoms with Gasteiger partial charge in [0.1, 0.15) is 0 Å². The molecule has 0 unspecified atom stereocenters. The SMILES string of the molecule is O=C1c2ccccc2C(=O)[C@@](O)(CC2CCOCC2)[C@@H]1O. The molecule has 0 amide bonds. The molecule has 1 aromatic rings. The van der Waals surface area contributed by atoms with Gasteiger partial charge in [-0.3, -0.25) is 9.59 Å². The van der Waals surface area contributed by atoms with Crippen molar-refractivity contribution in [1.29, 1.82) is 0 Å². The van der Waals surface area contributed by atoms with Crippen LogP contribution in [-0.4, -0.2) is 46.7 Å². The highest BCUT2D eigenvalue weighted by atomic mass is 16.5. The quantitative estimate of drug-likeness (QED) is 0.848. The van der Waals surface area contributed by atoms with Gasteiger partial charge in [-0.25, -0.2) is 0 Å². The summed E-state index contributed by atoms with van der Waals surface area (Å²) in [6, 6.07) is 6.32. The van der Waals surface area contributed by atoms with Crippen molar-refractivity contribution < 1.29 is 24.5 Å². The average molecular weight is 290 g/mol. The van der Waals surface area contributed by atoms with Crippen molar-refractivity contribution in [3.63, 3.8) is 0 Å². The summed E-state index contributed by atoms with van der Waals surface area (Å²) in [6.07, 6.45) is -0.157. The van der Waals surface area contributed by atoms with Crippen molar-refractivity contribution in [2.24, 2.45) is 5.92 Å². The number of fused-ring (bicyclic) bond motifs is 1. The van der Waals surface area contributed by atoms with Crippen molar-refractivity contribution >= 4 is 11.6 Å². The summed E-state index contributed by atoms with van der Waals surface area (Å²) >= 11 is 0. The maximum Gasteiger partial charge on any atom is 0.198 e. The number of ether oxygens (including phenoxy) is 1. The largest absolute Gasteiger partial charge is 0.381 e. The van der Waals surface area contributed by atoms with Crippen LogP contribution in [0.4, 0.5) is 0 Å². The van der Waals surface area contributed by atoms with Gasteiger partial charge in [-0.2, -0.15) is 0 Å². The Labute approximate surface area is 122 Å². The van der Waals surface area contributed by atoms with E-state index in [0.717, 1.165) is 12.8 Å². The van der Waals surface area contributed by atoms with Crippen LogP contribution in [0.5, 0.6) is 0 Å². The van der Waals surface area contributed by atoms with Gasteiger partial charge >= 0.3 is 0 Å². The molecule has 5 heteroatoms. The van der Waals surface area contributed by atoms with E-state index in [4.69, 9.17) is 4.74 Å². The number of benzene rings is 1. The Hall–Kier alpha value is -1.56. The zero-order chi connectivity index (χ0) is 15.0. The molecular weight excluding hydrogens is 272 g/mol.